The van der Waals surface area contributed by atoms with Gasteiger partial charge in [0.25, 0.3) is 11.8 Å². The number of esters is 2. The quantitative estimate of drug-likeness (QED) is 0.0245. The van der Waals surface area contributed by atoms with E-state index in [2.05, 4.69) is 9.98 Å². The number of rotatable bonds is 17. The minimum absolute atomic E-state index is 0.0108. The van der Waals surface area contributed by atoms with Gasteiger partial charge in [-0.25, -0.2) is 29.2 Å². The van der Waals surface area contributed by atoms with E-state index in [0.717, 1.165) is 9.80 Å². The summed E-state index contributed by atoms with van der Waals surface area (Å²) < 4.78 is 23.7. The van der Waals surface area contributed by atoms with E-state index in [-0.39, 0.29) is 70.4 Å². The van der Waals surface area contributed by atoms with Crippen LogP contribution in [-0.2, 0) is 45.1 Å². The molecule has 8 rings (SSSR count). The molecule has 2 aliphatic heterocycles. The second-order valence-electron chi connectivity index (χ2n) is 18.9. The molecule has 0 saturated heterocycles. The van der Waals surface area contributed by atoms with Crippen LogP contribution in [-0.4, -0.2) is 115 Å². The van der Waals surface area contributed by atoms with Crippen LogP contribution in [0, 0.1) is 0 Å². The lowest BCUT2D eigenvalue weighted by Gasteiger charge is -2.30. The molecule has 422 valence electrons. The molecule has 2 aliphatic rings. The highest BCUT2D eigenvalue weighted by Gasteiger charge is 2.37. The molecule has 2 unspecified atom stereocenters. The monoisotopic (exact) mass is 1120 g/mol. The number of hydrogen-bond acceptors (Lipinski definition) is 14. The molecule has 0 spiro atoms. The van der Waals surface area contributed by atoms with E-state index in [0.29, 0.717) is 70.4 Å². The van der Waals surface area contributed by atoms with Crippen LogP contribution in [0.1, 0.15) is 89.4 Å². The number of para-hydroxylation sites is 2. The number of hydrogen-bond donors (Lipinski definition) is 8. The number of aliphatic imine (C=N–C) groups is 2. The van der Waals surface area contributed by atoms with Gasteiger partial charge in [0, 0.05) is 13.1 Å². The van der Waals surface area contributed by atoms with E-state index in [1.54, 1.807) is 60.7 Å². The van der Waals surface area contributed by atoms with Gasteiger partial charge in [-0.05, 0) is 132 Å². The van der Waals surface area contributed by atoms with Crippen LogP contribution in [0.25, 0.3) is 11.1 Å². The second kappa shape index (κ2) is 25.3. The number of ether oxygens (including phenoxy) is 4. The first-order chi connectivity index (χ1) is 39.2. The number of amides is 2. The fourth-order valence-electron chi connectivity index (χ4n) is 9.46. The van der Waals surface area contributed by atoms with Crippen LogP contribution in [0.3, 0.4) is 0 Å². The van der Waals surface area contributed by atoms with Gasteiger partial charge in [-0.3, -0.25) is 19.2 Å². The summed E-state index contributed by atoms with van der Waals surface area (Å²) in [5, 5.41) is 40.8. The average molecular weight is 1120 g/mol. The molecule has 82 heavy (non-hydrogen) atoms. The number of benzene rings is 6. The number of aliphatic carboxylic acids is 4. The Kier molecular flexibility index (Phi) is 17.7. The van der Waals surface area contributed by atoms with Gasteiger partial charge in [-0.15, -0.1) is 0 Å². The Hall–Kier alpha value is -10.8. The molecule has 6 aromatic rings. The minimum atomic E-state index is -1.93. The SMILES string of the molecule is NC(N)=Nc1ccc2c(c1)CCCOc1c(cccc1C(=O)N(Cc1cccc(-c3cccc(CN(C(=O)c4cccc5c4OCCCc4cc(N=C(N)N)ccc4C(=O)O5)C(CC(=O)O)C(=O)O)c3)c1)C(CC(=O)O)C(=O)O)OC2=O. The van der Waals surface area contributed by atoms with Gasteiger partial charge in [0.1, 0.15) is 12.1 Å². The molecule has 0 radical (unpaired) electrons. The average Bonchev–Trinajstić information content (AvgIpc) is 3.64. The number of carboxylic acid groups (broad SMARTS) is 4. The number of carbonyl (C=O) groups is 8. The molecule has 12 N–H and O–H groups in total. The predicted octanol–water partition coefficient (Wildman–Crippen LogP) is 5.39. The summed E-state index contributed by atoms with van der Waals surface area (Å²) in [6.45, 7) is -0.976. The van der Waals surface area contributed by atoms with E-state index < -0.39 is 85.6 Å². The lowest BCUT2D eigenvalue weighted by atomic mass is 9.99. The number of fused-ring (bicyclic) bond motifs is 4. The van der Waals surface area contributed by atoms with Gasteiger partial charge < -0.3 is 72.1 Å². The summed E-state index contributed by atoms with van der Waals surface area (Å²) in [6.07, 6.45) is -0.782. The summed E-state index contributed by atoms with van der Waals surface area (Å²) >= 11 is 0. The van der Waals surface area contributed by atoms with Crippen molar-refractivity contribution in [3.05, 3.63) is 166 Å². The number of carbonyl (C=O) groups excluding carboxylic acids is 4. The highest BCUT2D eigenvalue weighted by Crippen LogP contribution is 2.38. The Labute approximate surface area is 466 Å². The maximum atomic E-state index is 14.8. The minimum Gasteiger partial charge on any atom is -0.489 e. The molecule has 24 heteroatoms. The highest BCUT2D eigenvalue weighted by molar-refractivity contribution is 6.03. The molecule has 24 nitrogen and oxygen atoms in total. The summed E-state index contributed by atoms with van der Waals surface area (Å²) in [5.74, 6) is -11.0. The third kappa shape index (κ3) is 13.7. The van der Waals surface area contributed by atoms with Crippen LogP contribution in [0.2, 0.25) is 0 Å². The van der Waals surface area contributed by atoms with Crippen LogP contribution >= 0.6 is 0 Å². The first-order valence-electron chi connectivity index (χ1n) is 25.3. The first-order valence-corrected chi connectivity index (χ1v) is 25.3. The number of aryl methyl sites for hydroxylation is 2. The summed E-state index contributed by atoms with van der Waals surface area (Å²) in [5.41, 5.74) is 25.6. The van der Waals surface area contributed by atoms with E-state index in [1.165, 1.54) is 60.7 Å². The maximum absolute atomic E-state index is 14.8. The lowest BCUT2D eigenvalue weighted by molar-refractivity contribution is -0.149. The van der Waals surface area contributed by atoms with Crippen molar-refractivity contribution in [1.82, 2.24) is 9.80 Å². The normalized spacial score (nSPS) is 13.6. The third-order valence-electron chi connectivity index (χ3n) is 13.1. The summed E-state index contributed by atoms with van der Waals surface area (Å²) in [6, 6.07) is 26.5. The van der Waals surface area contributed by atoms with Gasteiger partial charge >= 0.3 is 35.8 Å². The number of nitrogens with zero attached hydrogens (tertiary/aromatic N) is 4. The Morgan fingerprint density at radius 1 is 0.512 bits per heavy atom. The first kappa shape index (κ1) is 57.4. The Bertz CT molecular complexity index is 3360. The lowest BCUT2D eigenvalue weighted by Crippen LogP contribution is -2.46. The van der Waals surface area contributed by atoms with Crippen molar-refractivity contribution in [1.29, 1.82) is 0 Å². The zero-order valence-electron chi connectivity index (χ0n) is 43.6. The van der Waals surface area contributed by atoms with Gasteiger partial charge in [-0.2, -0.15) is 0 Å². The molecule has 0 saturated carbocycles. The number of guanidine groups is 2. The molecule has 6 aromatic carbocycles. The van der Waals surface area contributed by atoms with Crippen molar-refractivity contribution in [3.8, 4) is 34.1 Å². The van der Waals surface area contributed by atoms with Crippen LogP contribution in [0.4, 0.5) is 11.4 Å². The maximum Gasteiger partial charge on any atom is 0.343 e. The molecule has 2 atom stereocenters. The van der Waals surface area contributed by atoms with E-state index in [4.69, 9.17) is 41.9 Å². The van der Waals surface area contributed by atoms with E-state index in [1.807, 2.05) is 0 Å². The van der Waals surface area contributed by atoms with Crippen molar-refractivity contribution in [2.75, 3.05) is 13.2 Å². The molecule has 0 aromatic heterocycles. The zero-order chi connectivity index (χ0) is 58.8. The fourth-order valence-corrected chi connectivity index (χ4v) is 9.46. The van der Waals surface area contributed by atoms with Crippen molar-refractivity contribution in [2.24, 2.45) is 32.9 Å². The molecule has 0 aliphatic carbocycles. The fraction of sp³-hybridized carbons (Fsp3) is 0.207. The Balaban J connectivity index is 1.10. The second-order valence-corrected chi connectivity index (χ2v) is 18.9. The largest absolute Gasteiger partial charge is 0.489 e. The van der Waals surface area contributed by atoms with E-state index >= 15 is 0 Å². The number of carboxylic acids is 4. The summed E-state index contributed by atoms with van der Waals surface area (Å²) in [4.78, 5) is 117. The van der Waals surface area contributed by atoms with Gasteiger partial charge in [0.2, 0.25) is 0 Å². The third-order valence-corrected chi connectivity index (χ3v) is 13.1. The molecular weight excluding hydrogens is 1060 g/mol. The standard InChI is InChI=1S/C58H54N8O16/c59-57(60)63-37-17-19-39-35(25-37)11-5-21-79-49-41(13-3-15-45(49)81-55(39)77)51(71)65(43(53(73)74)27-47(67)68)29-31-7-1-9-33(23-31)34-10-2-8-32(24-34)30-66(44(54(75)76)28-48(69)70)52(72)42-14-4-16-46-50(42)80-22-6-12-36-26-38(64-58(61)62)18-20-40(36)56(78)82-46/h1-4,7-10,13-20,23-26,43-44H,5-6,11-12,21-22,27-30H2,(H,67,68)(H,69,70)(H,73,74)(H,75,76)(H4,59,60,63)(H4,61,62,64). The smallest absolute Gasteiger partial charge is 0.343 e. The Morgan fingerprint density at radius 3 is 1.27 bits per heavy atom. The highest BCUT2D eigenvalue weighted by atomic mass is 16.6. The molecule has 0 fully saturated rings. The van der Waals surface area contributed by atoms with Gasteiger partial charge in [0.15, 0.2) is 34.9 Å². The molecule has 2 heterocycles. The van der Waals surface area contributed by atoms with Crippen LogP contribution in [0.5, 0.6) is 23.0 Å². The summed E-state index contributed by atoms with van der Waals surface area (Å²) in [7, 11) is 0. The molecule has 0 bridgehead atoms. The van der Waals surface area contributed by atoms with Crippen molar-refractivity contribution >= 4 is 70.9 Å². The van der Waals surface area contributed by atoms with Crippen LogP contribution in [0.15, 0.2) is 131 Å². The zero-order valence-corrected chi connectivity index (χ0v) is 43.6. The topological polar surface area (TPSA) is 390 Å². The van der Waals surface area contributed by atoms with Crippen LogP contribution < -0.4 is 41.9 Å². The number of nitrogens with two attached hydrogens (primary N) is 4. The van der Waals surface area contributed by atoms with Crippen molar-refractivity contribution in [3.63, 3.8) is 0 Å². The van der Waals surface area contributed by atoms with E-state index in [9.17, 15) is 58.8 Å². The van der Waals surface area contributed by atoms with Gasteiger partial charge in [0.05, 0.1) is 59.7 Å². The predicted molar refractivity (Wildman–Crippen MR) is 293 cm³/mol. The Morgan fingerprint density at radius 2 is 0.902 bits per heavy atom. The molecule has 2 amide bonds. The van der Waals surface area contributed by atoms with Crippen molar-refractivity contribution < 1.29 is 77.7 Å². The van der Waals surface area contributed by atoms with Gasteiger partial charge in [-0.1, -0.05) is 48.5 Å². The van der Waals surface area contributed by atoms with Crippen molar-refractivity contribution in [2.45, 2.75) is 63.7 Å². The molecular formula is C58H54N8O16.